The second-order valence-electron chi connectivity index (χ2n) is 3.20. The molecule has 0 bridgehead atoms. The van der Waals surface area contributed by atoms with Crippen LogP contribution < -0.4 is 0 Å². The zero-order valence-corrected chi connectivity index (χ0v) is 9.03. The van der Waals surface area contributed by atoms with Crippen molar-refractivity contribution in [3.8, 4) is 17.2 Å². The van der Waals surface area contributed by atoms with Crippen molar-refractivity contribution < 1.29 is 35.4 Å². The number of carboxylic acids is 1. The second kappa shape index (κ2) is 6.56. The third-order valence-corrected chi connectivity index (χ3v) is 1.58. The quantitative estimate of drug-likeness (QED) is 0.399. The molecular weight excluding hydrogens is 232 g/mol. The molecule has 0 aliphatic heterocycles. The highest BCUT2D eigenvalue weighted by Gasteiger charge is 2.11. The van der Waals surface area contributed by atoms with Crippen LogP contribution in [-0.2, 0) is 0 Å². The standard InChI is InChI=1S/C7H6O5.C3H8O2/c8-4-1-3(7(11)12)2-5(9)6(4)10;1-3(5)2-4/h1-2,8-10H,(H,11,12);3-5H,2H2,1H3. The molecule has 0 aliphatic carbocycles. The van der Waals surface area contributed by atoms with E-state index in [1.165, 1.54) is 6.92 Å². The molecule has 0 aromatic heterocycles. The number of aromatic hydroxyl groups is 3. The monoisotopic (exact) mass is 246 g/mol. The van der Waals surface area contributed by atoms with Gasteiger partial charge in [-0.25, -0.2) is 4.79 Å². The van der Waals surface area contributed by atoms with Gasteiger partial charge in [-0.15, -0.1) is 0 Å². The zero-order valence-electron chi connectivity index (χ0n) is 9.03. The van der Waals surface area contributed by atoms with Crippen LogP contribution in [0.4, 0.5) is 0 Å². The van der Waals surface area contributed by atoms with Gasteiger partial charge >= 0.3 is 5.97 Å². The Bertz CT molecular complexity index is 363. The first-order valence-electron chi connectivity index (χ1n) is 4.56. The van der Waals surface area contributed by atoms with Gasteiger partial charge in [0, 0.05) is 0 Å². The smallest absolute Gasteiger partial charge is 0.335 e. The number of phenolic OH excluding ortho intramolecular Hbond substituents is 3. The Labute approximate surface area is 96.8 Å². The number of carboxylic acid groups (broad SMARTS) is 1. The van der Waals surface area contributed by atoms with Crippen LogP contribution in [0.25, 0.3) is 0 Å². The highest BCUT2D eigenvalue weighted by atomic mass is 16.4. The zero-order chi connectivity index (χ0) is 13.6. The van der Waals surface area contributed by atoms with Gasteiger partial charge in [0.15, 0.2) is 17.2 Å². The van der Waals surface area contributed by atoms with Gasteiger partial charge in [0.25, 0.3) is 0 Å². The lowest BCUT2D eigenvalue weighted by molar-refractivity contribution is 0.0696. The van der Waals surface area contributed by atoms with E-state index in [2.05, 4.69) is 0 Å². The van der Waals surface area contributed by atoms with E-state index < -0.39 is 29.3 Å². The number of rotatable bonds is 2. The minimum Gasteiger partial charge on any atom is -0.504 e. The predicted molar refractivity (Wildman–Crippen MR) is 57.2 cm³/mol. The molecule has 0 amide bonds. The number of hydrogen-bond donors (Lipinski definition) is 6. The van der Waals surface area contributed by atoms with E-state index >= 15 is 0 Å². The first-order valence-corrected chi connectivity index (χ1v) is 4.56. The Morgan fingerprint density at radius 1 is 1.24 bits per heavy atom. The largest absolute Gasteiger partial charge is 0.504 e. The summed E-state index contributed by atoms with van der Waals surface area (Å²) < 4.78 is 0. The summed E-state index contributed by atoms with van der Waals surface area (Å²) in [5.74, 6) is -3.33. The number of benzene rings is 1. The summed E-state index contributed by atoms with van der Waals surface area (Å²) in [4.78, 5) is 10.3. The van der Waals surface area contributed by atoms with E-state index in [1.54, 1.807) is 0 Å². The van der Waals surface area contributed by atoms with E-state index in [0.29, 0.717) is 0 Å². The van der Waals surface area contributed by atoms with Crippen molar-refractivity contribution in [3.63, 3.8) is 0 Å². The summed E-state index contributed by atoms with van der Waals surface area (Å²) in [6, 6.07) is 1.69. The summed E-state index contributed by atoms with van der Waals surface area (Å²) in [7, 11) is 0. The maximum atomic E-state index is 10.3. The summed E-state index contributed by atoms with van der Waals surface area (Å²) in [5, 5.41) is 51.0. The van der Waals surface area contributed by atoms with E-state index in [1.807, 2.05) is 0 Å². The van der Waals surface area contributed by atoms with Crippen molar-refractivity contribution in [2.24, 2.45) is 0 Å². The Kier molecular flexibility index (Phi) is 5.79. The molecule has 17 heavy (non-hydrogen) atoms. The van der Waals surface area contributed by atoms with Crippen molar-refractivity contribution >= 4 is 5.97 Å². The molecule has 1 rings (SSSR count). The lowest BCUT2D eigenvalue weighted by atomic mass is 10.2. The first-order chi connectivity index (χ1) is 7.79. The van der Waals surface area contributed by atoms with Crippen LogP contribution in [0.5, 0.6) is 17.2 Å². The molecule has 1 aromatic rings. The summed E-state index contributed by atoms with van der Waals surface area (Å²) >= 11 is 0. The van der Waals surface area contributed by atoms with Gasteiger partial charge in [0.1, 0.15) is 0 Å². The van der Waals surface area contributed by atoms with Crippen molar-refractivity contribution in [3.05, 3.63) is 17.7 Å². The SMILES string of the molecule is CC(O)CO.O=C(O)c1cc(O)c(O)c(O)c1. The van der Waals surface area contributed by atoms with Gasteiger partial charge in [-0.1, -0.05) is 0 Å². The molecule has 1 atom stereocenters. The minimum atomic E-state index is -1.29. The molecule has 0 fully saturated rings. The fourth-order valence-electron chi connectivity index (χ4n) is 0.728. The van der Waals surface area contributed by atoms with Gasteiger partial charge in [-0.2, -0.15) is 0 Å². The molecular formula is C10H14O7. The van der Waals surface area contributed by atoms with E-state index in [-0.39, 0.29) is 12.2 Å². The fourth-order valence-corrected chi connectivity index (χ4v) is 0.728. The van der Waals surface area contributed by atoms with Crippen molar-refractivity contribution in [2.45, 2.75) is 13.0 Å². The molecule has 7 nitrogen and oxygen atoms in total. The molecule has 0 heterocycles. The Balaban J connectivity index is 0.000000437. The van der Waals surface area contributed by atoms with Crippen LogP contribution in [0.3, 0.4) is 0 Å². The number of aliphatic hydroxyl groups excluding tert-OH is 2. The number of hydrogen-bond acceptors (Lipinski definition) is 6. The van der Waals surface area contributed by atoms with Crippen LogP contribution >= 0.6 is 0 Å². The molecule has 6 N–H and O–H groups in total. The maximum Gasteiger partial charge on any atom is 0.335 e. The maximum absolute atomic E-state index is 10.3. The minimum absolute atomic E-state index is 0.139. The van der Waals surface area contributed by atoms with Crippen molar-refractivity contribution in [1.82, 2.24) is 0 Å². The Hall–Kier alpha value is -1.99. The molecule has 0 radical (unpaired) electrons. The molecule has 96 valence electrons. The Morgan fingerprint density at radius 3 is 1.82 bits per heavy atom. The van der Waals surface area contributed by atoms with E-state index in [9.17, 15) is 4.79 Å². The van der Waals surface area contributed by atoms with Gasteiger partial charge < -0.3 is 30.6 Å². The van der Waals surface area contributed by atoms with Crippen LogP contribution in [0.15, 0.2) is 12.1 Å². The van der Waals surface area contributed by atoms with Gasteiger partial charge in [-0.3, -0.25) is 0 Å². The van der Waals surface area contributed by atoms with Crippen LogP contribution in [-0.4, -0.2) is 49.3 Å². The van der Waals surface area contributed by atoms with Gasteiger partial charge in [0.05, 0.1) is 18.3 Å². The average molecular weight is 246 g/mol. The lowest BCUT2D eigenvalue weighted by Gasteiger charge is -2.01. The predicted octanol–water partition coefficient (Wildman–Crippen LogP) is -0.139. The molecule has 0 saturated heterocycles. The van der Waals surface area contributed by atoms with Crippen LogP contribution in [0.1, 0.15) is 17.3 Å². The lowest BCUT2D eigenvalue weighted by Crippen LogP contribution is -2.03. The molecule has 7 heteroatoms. The fraction of sp³-hybridized carbons (Fsp3) is 0.300. The van der Waals surface area contributed by atoms with E-state index in [0.717, 1.165) is 12.1 Å². The summed E-state index contributed by atoms with van der Waals surface area (Å²) in [6.07, 6.45) is -0.560. The average Bonchev–Trinajstić information content (AvgIpc) is 2.25. The van der Waals surface area contributed by atoms with Crippen LogP contribution in [0, 0.1) is 0 Å². The van der Waals surface area contributed by atoms with Gasteiger partial charge in [-0.05, 0) is 19.1 Å². The Morgan fingerprint density at radius 2 is 1.59 bits per heavy atom. The highest BCUT2D eigenvalue weighted by molar-refractivity contribution is 5.89. The topological polar surface area (TPSA) is 138 Å². The van der Waals surface area contributed by atoms with E-state index in [4.69, 9.17) is 30.6 Å². The number of aromatic carboxylic acids is 1. The number of aliphatic hydroxyl groups is 2. The first kappa shape index (κ1) is 15.0. The van der Waals surface area contributed by atoms with Crippen molar-refractivity contribution in [1.29, 1.82) is 0 Å². The summed E-state index contributed by atoms with van der Waals surface area (Å²) in [6.45, 7) is 1.39. The van der Waals surface area contributed by atoms with Crippen molar-refractivity contribution in [2.75, 3.05) is 6.61 Å². The second-order valence-corrected chi connectivity index (χ2v) is 3.20. The molecule has 1 unspecified atom stereocenters. The molecule has 0 saturated carbocycles. The van der Waals surface area contributed by atoms with Crippen LogP contribution in [0.2, 0.25) is 0 Å². The third-order valence-electron chi connectivity index (χ3n) is 1.58. The van der Waals surface area contributed by atoms with Gasteiger partial charge in [0.2, 0.25) is 0 Å². The summed E-state index contributed by atoms with van der Waals surface area (Å²) in [5.41, 5.74) is -0.289. The number of carbonyl (C=O) groups is 1. The normalized spacial score (nSPS) is 11.2. The molecule has 1 aromatic carbocycles. The third kappa shape index (κ3) is 5.05. The number of phenols is 3. The highest BCUT2D eigenvalue weighted by Crippen LogP contribution is 2.35. The molecule has 0 spiro atoms. The molecule has 0 aliphatic rings.